The molecule has 2 aliphatic rings. The summed E-state index contributed by atoms with van der Waals surface area (Å²) in [7, 11) is 0. The highest BCUT2D eigenvalue weighted by atomic mass is 16.2. The van der Waals surface area contributed by atoms with Crippen molar-refractivity contribution in [1.29, 1.82) is 0 Å². The molecule has 2 aromatic carbocycles. The highest BCUT2D eigenvalue weighted by Gasteiger charge is 2.44. The summed E-state index contributed by atoms with van der Waals surface area (Å²) in [5.41, 5.74) is 2.91. The van der Waals surface area contributed by atoms with Crippen molar-refractivity contribution in [3.63, 3.8) is 0 Å². The van der Waals surface area contributed by atoms with E-state index in [4.69, 9.17) is 0 Å². The first-order valence-electron chi connectivity index (χ1n) is 10.9. The fourth-order valence-corrected chi connectivity index (χ4v) is 4.75. The second kappa shape index (κ2) is 8.42. The number of unbranched alkanes of at least 4 members (excludes halogenated alkanes) is 3. The number of nitrogens with zero attached hydrogens (tertiary/aromatic N) is 2. The lowest BCUT2D eigenvalue weighted by molar-refractivity contribution is -0.119. The van der Waals surface area contributed by atoms with E-state index in [9.17, 15) is 14.4 Å². The molecule has 0 N–H and O–H groups in total. The molecule has 0 aromatic heterocycles. The average Bonchev–Trinajstić information content (AvgIpc) is 3.01. The Morgan fingerprint density at radius 1 is 0.967 bits per heavy atom. The normalized spacial score (nSPS) is 20.3. The summed E-state index contributed by atoms with van der Waals surface area (Å²) in [6.07, 6.45) is 5.39. The van der Waals surface area contributed by atoms with Crippen LogP contribution in [-0.2, 0) is 9.59 Å². The zero-order valence-corrected chi connectivity index (χ0v) is 17.6. The van der Waals surface area contributed by atoms with Crippen LogP contribution in [0.2, 0.25) is 0 Å². The van der Waals surface area contributed by atoms with Crippen LogP contribution in [0.15, 0.2) is 48.5 Å². The molecule has 2 unspecified atom stereocenters. The van der Waals surface area contributed by atoms with Crippen LogP contribution in [-0.4, -0.2) is 23.6 Å². The molecule has 0 bridgehead atoms. The van der Waals surface area contributed by atoms with Crippen molar-refractivity contribution in [2.75, 3.05) is 9.80 Å². The molecule has 0 spiro atoms. The quantitative estimate of drug-likeness (QED) is 0.500. The van der Waals surface area contributed by atoms with E-state index in [1.165, 1.54) is 0 Å². The summed E-state index contributed by atoms with van der Waals surface area (Å²) >= 11 is 0. The SMILES string of the molecule is CCCCCCC(=O)N1c2ccccc2C(N2C(=O)C(=O)c3ccccc32)CC1C. The Morgan fingerprint density at radius 2 is 1.67 bits per heavy atom. The number of anilines is 2. The Kier molecular flexibility index (Phi) is 5.71. The second-order valence-corrected chi connectivity index (χ2v) is 8.26. The molecule has 0 fully saturated rings. The van der Waals surface area contributed by atoms with Gasteiger partial charge in [-0.1, -0.05) is 56.5 Å². The summed E-state index contributed by atoms with van der Waals surface area (Å²) in [4.78, 5) is 42.0. The lowest BCUT2D eigenvalue weighted by Gasteiger charge is -2.42. The van der Waals surface area contributed by atoms with Crippen LogP contribution in [0.3, 0.4) is 0 Å². The van der Waals surface area contributed by atoms with Crippen molar-refractivity contribution < 1.29 is 14.4 Å². The van der Waals surface area contributed by atoms with Crippen molar-refractivity contribution in [3.8, 4) is 0 Å². The number of rotatable bonds is 6. The van der Waals surface area contributed by atoms with Gasteiger partial charge in [0.2, 0.25) is 5.91 Å². The van der Waals surface area contributed by atoms with Gasteiger partial charge in [0.05, 0.1) is 17.3 Å². The molecule has 2 aliphatic heterocycles. The lowest BCUT2D eigenvalue weighted by Crippen LogP contribution is -2.47. The fourth-order valence-electron chi connectivity index (χ4n) is 4.75. The van der Waals surface area contributed by atoms with Crippen molar-refractivity contribution in [3.05, 3.63) is 59.7 Å². The Balaban J connectivity index is 1.67. The standard InChI is InChI=1S/C25H28N2O3/c1-3-4-5-6-15-23(28)26-17(2)16-22(18-11-7-9-13-20(18)26)27-21-14-10-8-12-19(21)24(29)25(27)30/h7-14,17,22H,3-6,15-16H2,1-2H3. The molecule has 30 heavy (non-hydrogen) atoms. The predicted molar refractivity (Wildman–Crippen MR) is 118 cm³/mol. The van der Waals surface area contributed by atoms with Gasteiger partial charge in [-0.3, -0.25) is 19.3 Å². The number of para-hydroxylation sites is 2. The van der Waals surface area contributed by atoms with E-state index in [0.29, 0.717) is 24.1 Å². The van der Waals surface area contributed by atoms with E-state index in [2.05, 4.69) is 6.92 Å². The first-order chi connectivity index (χ1) is 14.5. The maximum Gasteiger partial charge on any atom is 0.300 e. The molecule has 0 radical (unpaired) electrons. The maximum atomic E-state index is 13.1. The third kappa shape index (κ3) is 3.42. The Labute approximate surface area is 177 Å². The first kappa shape index (κ1) is 20.3. The monoisotopic (exact) mass is 404 g/mol. The molecule has 0 saturated heterocycles. The summed E-state index contributed by atoms with van der Waals surface area (Å²) < 4.78 is 0. The smallest absolute Gasteiger partial charge is 0.300 e. The lowest BCUT2D eigenvalue weighted by atomic mass is 9.90. The van der Waals surface area contributed by atoms with Gasteiger partial charge in [0.1, 0.15) is 0 Å². The van der Waals surface area contributed by atoms with Crippen LogP contribution in [0.4, 0.5) is 11.4 Å². The highest BCUT2D eigenvalue weighted by Crippen LogP contribution is 2.45. The van der Waals surface area contributed by atoms with E-state index in [1.807, 2.05) is 48.2 Å². The van der Waals surface area contributed by atoms with Gasteiger partial charge in [-0.05, 0) is 43.5 Å². The predicted octanol–water partition coefficient (Wildman–Crippen LogP) is 5.05. The summed E-state index contributed by atoms with van der Waals surface area (Å²) in [6, 6.07) is 14.6. The van der Waals surface area contributed by atoms with Crippen LogP contribution < -0.4 is 9.80 Å². The zero-order valence-electron chi connectivity index (χ0n) is 17.6. The molecule has 0 aliphatic carbocycles. The van der Waals surface area contributed by atoms with Crippen LogP contribution >= 0.6 is 0 Å². The van der Waals surface area contributed by atoms with E-state index in [1.54, 1.807) is 17.0 Å². The highest BCUT2D eigenvalue weighted by molar-refractivity contribution is 6.52. The van der Waals surface area contributed by atoms with Gasteiger partial charge in [-0.2, -0.15) is 0 Å². The minimum absolute atomic E-state index is 0.0563. The molecule has 4 rings (SSSR count). The Bertz CT molecular complexity index is 984. The molecule has 156 valence electrons. The molecular weight excluding hydrogens is 376 g/mol. The first-order valence-corrected chi connectivity index (χ1v) is 10.9. The minimum atomic E-state index is -0.484. The van der Waals surface area contributed by atoms with Gasteiger partial charge in [-0.25, -0.2) is 0 Å². The van der Waals surface area contributed by atoms with Gasteiger partial charge in [-0.15, -0.1) is 0 Å². The van der Waals surface area contributed by atoms with Gasteiger partial charge in [0.15, 0.2) is 0 Å². The number of hydrogen-bond acceptors (Lipinski definition) is 3. The molecule has 2 heterocycles. The average molecular weight is 405 g/mol. The molecule has 5 heteroatoms. The summed E-state index contributed by atoms with van der Waals surface area (Å²) in [6.45, 7) is 4.19. The second-order valence-electron chi connectivity index (χ2n) is 8.26. The Morgan fingerprint density at radius 3 is 2.43 bits per heavy atom. The largest absolute Gasteiger partial charge is 0.309 e. The van der Waals surface area contributed by atoms with Gasteiger partial charge >= 0.3 is 0 Å². The zero-order chi connectivity index (χ0) is 21.3. The molecule has 2 aromatic rings. The molecule has 5 nitrogen and oxygen atoms in total. The topological polar surface area (TPSA) is 57.7 Å². The number of benzene rings is 2. The van der Waals surface area contributed by atoms with Crippen LogP contribution in [0.1, 0.15) is 74.3 Å². The van der Waals surface area contributed by atoms with E-state index >= 15 is 0 Å². The van der Waals surface area contributed by atoms with E-state index in [-0.39, 0.29) is 18.0 Å². The number of amides is 2. The molecular formula is C25H28N2O3. The van der Waals surface area contributed by atoms with Crippen molar-refractivity contribution in [2.24, 2.45) is 0 Å². The molecule has 2 amide bonds. The van der Waals surface area contributed by atoms with Crippen molar-refractivity contribution in [2.45, 2.75) is 64.5 Å². The third-order valence-electron chi connectivity index (χ3n) is 6.21. The van der Waals surface area contributed by atoms with E-state index in [0.717, 1.165) is 36.9 Å². The van der Waals surface area contributed by atoms with Gasteiger partial charge in [0.25, 0.3) is 11.7 Å². The van der Waals surface area contributed by atoms with Crippen LogP contribution in [0, 0.1) is 0 Å². The summed E-state index contributed by atoms with van der Waals surface area (Å²) in [5, 5.41) is 0. The van der Waals surface area contributed by atoms with Gasteiger partial charge < -0.3 is 4.90 Å². The third-order valence-corrected chi connectivity index (χ3v) is 6.21. The molecule has 0 saturated carbocycles. The van der Waals surface area contributed by atoms with Crippen molar-refractivity contribution in [1.82, 2.24) is 0 Å². The fraction of sp³-hybridized carbons (Fsp3) is 0.400. The van der Waals surface area contributed by atoms with Crippen LogP contribution in [0.25, 0.3) is 0 Å². The number of hydrogen-bond donors (Lipinski definition) is 0. The number of carbonyl (C=O) groups excluding carboxylic acids is 3. The van der Waals surface area contributed by atoms with Crippen molar-refractivity contribution >= 4 is 29.0 Å². The number of fused-ring (bicyclic) bond motifs is 2. The Hall–Kier alpha value is -2.95. The van der Waals surface area contributed by atoms with Crippen LogP contribution in [0.5, 0.6) is 0 Å². The van der Waals surface area contributed by atoms with E-state index < -0.39 is 11.7 Å². The molecule has 2 atom stereocenters. The number of ketones is 1. The minimum Gasteiger partial charge on any atom is -0.309 e. The maximum absolute atomic E-state index is 13.1. The van der Waals surface area contributed by atoms with Gasteiger partial charge in [0, 0.05) is 18.2 Å². The number of Topliss-reactive ketones (excluding diaryl/α,β-unsaturated/α-hetero) is 1. The number of carbonyl (C=O) groups is 3. The summed E-state index contributed by atoms with van der Waals surface area (Å²) in [5.74, 6) is -0.804.